The Labute approximate surface area is 72.7 Å². The first-order valence-corrected chi connectivity index (χ1v) is 9.14. The molecule has 0 aromatic rings. The SMILES string of the molecule is CCOP(C)(=O)P(C)(Cl)=NC. The summed E-state index contributed by atoms with van der Waals surface area (Å²) >= 11 is 5.95. The molecule has 0 rings (SSSR count). The van der Waals surface area contributed by atoms with Crippen LogP contribution in [0.15, 0.2) is 4.74 Å². The van der Waals surface area contributed by atoms with Crippen LogP contribution in [0.1, 0.15) is 6.92 Å². The smallest absolute Gasteiger partial charge is 0.249 e. The summed E-state index contributed by atoms with van der Waals surface area (Å²) in [5.41, 5.74) is 0. The van der Waals surface area contributed by atoms with Crippen LogP contribution in [-0.4, -0.2) is 27.0 Å². The molecule has 0 saturated carbocycles. The molecule has 0 aliphatic carbocycles. The molecule has 3 nitrogen and oxygen atoms in total. The van der Waals surface area contributed by atoms with Crippen LogP contribution in [0.2, 0.25) is 0 Å². The molecular weight excluding hydrogens is 203 g/mol. The van der Waals surface area contributed by atoms with E-state index in [-0.39, 0.29) is 0 Å². The highest BCUT2D eigenvalue weighted by Gasteiger charge is 2.30. The highest BCUT2D eigenvalue weighted by Crippen LogP contribution is 2.82. The van der Waals surface area contributed by atoms with Gasteiger partial charge in [0.15, 0.2) is 0 Å². The van der Waals surface area contributed by atoms with E-state index >= 15 is 0 Å². The third kappa shape index (κ3) is 2.91. The zero-order valence-corrected chi connectivity index (χ0v) is 9.79. The second-order valence-electron chi connectivity index (χ2n) is 2.23. The van der Waals surface area contributed by atoms with Crippen molar-refractivity contribution in [3.8, 4) is 0 Å². The second-order valence-corrected chi connectivity index (χ2v) is 13.3. The summed E-state index contributed by atoms with van der Waals surface area (Å²) in [4.78, 5) is 0. The molecule has 0 aliphatic heterocycles. The summed E-state index contributed by atoms with van der Waals surface area (Å²) in [6.45, 7) is 5.46. The van der Waals surface area contributed by atoms with Crippen LogP contribution < -0.4 is 0 Å². The summed E-state index contributed by atoms with van der Waals surface area (Å²) in [5, 5.41) is 0. The molecule has 0 fully saturated rings. The van der Waals surface area contributed by atoms with E-state index in [4.69, 9.17) is 15.8 Å². The molecule has 0 radical (unpaired) electrons. The summed E-state index contributed by atoms with van der Waals surface area (Å²) < 4.78 is 20.6. The van der Waals surface area contributed by atoms with E-state index in [0.29, 0.717) is 6.61 Å². The third-order valence-electron chi connectivity index (χ3n) is 1.40. The molecule has 0 amide bonds. The minimum Gasteiger partial charge on any atom is -0.324 e. The van der Waals surface area contributed by atoms with Crippen molar-refractivity contribution in [3.05, 3.63) is 0 Å². The summed E-state index contributed by atoms with van der Waals surface area (Å²) in [5.74, 6) is 0. The van der Waals surface area contributed by atoms with Crippen LogP contribution in [0, 0.1) is 0 Å². The Morgan fingerprint density at radius 1 is 1.55 bits per heavy atom. The lowest BCUT2D eigenvalue weighted by atomic mass is 10.9. The number of nitrogens with zero attached hydrogens (tertiary/aromatic N) is 1. The van der Waals surface area contributed by atoms with Gasteiger partial charge in [-0.25, -0.2) is 0 Å². The van der Waals surface area contributed by atoms with Gasteiger partial charge in [-0.1, -0.05) is 11.2 Å². The van der Waals surface area contributed by atoms with Gasteiger partial charge in [0.2, 0.25) is 7.06 Å². The van der Waals surface area contributed by atoms with Crippen LogP contribution in [0.25, 0.3) is 0 Å². The molecule has 0 aromatic carbocycles. The number of hydrogen-bond donors (Lipinski definition) is 0. The van der Waals surface area contributed by atoms with Crippen molar-refractivity contribution in [2.75, 3.05) is 27.0 Å². The number of halogens is 1. The van der Waals surface area contributed by atoms with Gasteiger partial charge in [0.05, 0.1) is 6.61 Å². The fourth-order valence-electron chi connectivity index (χ4n) is 0.507. The van der Waals surface area contributed by atoms with Crippen LogP contribution in [-0.2, 0) is 9.09 Å². The van der Waals surface area contributed by atoms with Crippen LogP contribution in [0.4, 0.5) is 0 Å². The van der Waals surface area contributed by atoms with Crippen LogP contribution in [0.5, 0.6) is 0 Å². The molecule has 6 heteroatoms. The summed E-state index contributed by atoms with van der Waals surface area (Å²) in [6, 6.07) is 0. The first-order chi connectivity index (χ1) is 4.87. The van der Waals surface area contributed by atoms with Crippen molar-refractivity contribution in [3.63, 3.8) is 0 Å². The van der Waals surface area contributed by atoms with E-state index in [1.54, 1.807) is 27.3 Å². The van der Waals surface area contributed by atoms with Crippen molar-refractivity contribution >= 4 is 24.4 Å². The molecular formula is C5H14ClNO2P2. The lowest BCUT2D eigenvalue weighted by Crippen LogP contribution is -1.85. The lowest BCUT2D eigenvalue weighted by molar-refractivity contribution is 0.349. The van der Waals surface area contributed by atoms with Crippen LogP contribution >= 0.6 is 24.4 Å². The molecule has 0 spiro atoms. The Hall–Kier alpha value is 0.710. The zero-order valence-electron chi connectivity index (χ0n) is 7.24. The minimum absolute atomic E-state index is 0.422. The predicted molar refractivity (Wildman–Crippen MR) is 52.2 cm³/mol. The topological polar surface area (TPSA) is 38.7 Å². The first-order valence-electron chi connectivity index (χ1n) is 3.27. The average Bonchev–Trinajstić information content (AvgIpc) is 1.87. The van der Waals surface area contributed by atoms with Gasteiger partial charge in [-0.05, 0) is 13.6 Å². The second kappa shape index (κ2) is 4.09. The molecule has 2 unspecified atom stereocenters. The monoisotopic (exact) mass is 217 g/mol. The Morgan fingerprint density at radius 2 is 2.00 bits per heavy atom. The fraction of sp³-hybridized carbons (Fsp3) is 1.00. The average molecular weight is 218 g/mol. The molecule has 0 heterocycles. The molecule has 0 aliphatic rings. The van der Waals surface area contributed by atoms with E-state index < -0.39 is 13.2 Å². The highest BCUT2D eigenvalue weighted by atomic mass is 35.7. The van der Waals surface area contributed by atoms with E-state index in [2.05, 4.69) is 4.74 Å². The van der Waals surface area contributed by atoms with E-state index in [1.807, 2.05) is 0 Å². The molecule has 0 bridgehead atoms. The maximum absolute atomic E-state index is 11.7. The molecule has 0 N–H and O–H groups in total. The number of hydrogen-bond acceptors (Lipinski definition) is 3. The van der Waals surface area contributed by atoms with Gasteiger partial charge in [0.25, 0.3) is 0 Å². The Morgan fingerprint density at radius 3 is 2.27 bits per heavy atom. The van der Waals surface area contributed by atoms with Gasteiger partial charge >= 0.3 is 0 Å². The maximum Gasteiger partial charge on any atom is 0.249 e. The van der Waals surface area contributed by atoms with Crippen molar-refractivity contribution in [1.29, 1.82) is 0 Å². The Bertz CT molecular complexity index is 223. The van der Waals surface area contributed by atoms with Gasteiger partial charge in [-0.15, -0.1) is 0 Å². The molecule has 0 aromatic heterocycles. The summed E-state index contributed by atoms with van der Waals surface area (Å²) in [7, 11) is -1.11. The fourth-order valence-corrected chi connectivity index (χ4v) is 3.87. The maximum atomic E-state index is 11.7. The van der Waals surface area contributed by atoms with E-state index in [0.717, 1.165) is 0 Å². The van der Waals surface area contributed by atoms with Crippen molar-refractivity contribution in [1.82, 2.24) is 0 Å². The van der Waals surface area contributed by atoms with Gasteiger partial charge in [0.1, 0.15) is 6.10 Å². The zero-order chi connectivity index (χ0) is 9.12. The minimum atomic E-state index is -2.69. The Balaban J connectivity index is 4.70. The lowest BCUT2D eigenvalue weighted by Gasteiger charge is -2.19. The van der Waals surface area contributed by atoms with E-state index in [9.17, 15) is 4.57 Å². The van der Waals surface area contributed by atoms with Gasteiger partial charge in [0, 0.05) is 13.7 Å². The van der Waals surface area contributed by atoms with Gasteiger partial charge in [-0.3, -0.25) is 9.31 Å². The molecule has 2 atom stereocenters. The first kappa shape index (κ1) is 11.7. The van der Waals surface area contributed by atoms with Gasteiger partial charge in [-0.2, -0.15) is 0 Å². The van der Waals surface area contributed by atoms with Crippen molar-refractivity contribution in [2.45, 2.75) is 6.92 Å². The van der Waals surface area contributed by atoms with Crippen LogP contribution in [0.3, 0.4) is 0 Å². The van der Waals surface area contributed by atoms with Crippen molar-refractivity contribution in [2.24, 2.45) is 4.74 Å². The highest BCUT2D eigenvalue weighted by molar-refractivity contribution is 8.44. The van der Waals surface area contributed by atoms with E-state index in [1.165, 1.54) is 0 Å². The molecule has 0 saturated heterocycles. The van der Waals surface area contributed by atoms with Crippen molar-refractivity contribution < 1.29 is 9.09 Å². The standard InChI is InChI=1S/C5H14ClNO2P2/c1-5-9-11(4,8)10(3,6)7-2/h5H2,1-4H3. The normalized spacial score (nSPS) is 21.9. The predicted octanol–water partition coefficient (Wildman–Crippen LogP) is 3.46. The quantitative estimate of drug-likeness (QED) is 0.679. The largest absolute Gasteiger partial charge is 0.324 e. The third-order valence-corrected chi connectivity index (χ3v) is 12.0. The molecule has 11 heavy (non-hydrogen) atoms. The summed E-state index contributed by atoms with van der Waals surface area (Å²) in [6.07, 6.45) is -2.21. The Kier molecular flexibility index (Phi) is 4.36. The van der Waals surface area contributed by atoms with Gasteiger partial charge < -0.3 is 4.52 Å². The molecule has 68 valence electrons. The number of rotatable bonds is 3.